The van der Waals surface area contributed by atoms with Gasteiger partial charge in [-0.1, -0.05) is 65.3 Å². The van der Waals surface area contributed by atoms with Crippen molar-refractivity contribution < 1.29 is 15.3 Å². The van der Waals surface area contributed by atoms with E-state index in [1.165, 1.54) is 24.8 Å². The Morgan fingerprint density at radius 1 is 0.935 bits per heavy atom. The van der Waals surface area contributed by atoms with Crippen molar-refractivity contribution in [2.24, 2.45) is 46.3 Å². The molecule has 0 amide bonds. The van der Waals surface area contributed by atoms with E-state index in [9.17, 15) is 15.3 Å². The maximum absolute atomic E-state index is 11.6. The van der Waals surface area contributed by atoms with Crippen LogP contribution >= 0.6 is 0 Å². The Hall–Kier alpha value is -0.640. The average molecular weight is 431 g/mol. The number of hydrogen-bond donors (Lipinski definition) is 3. The fourth-order valence-electron chi connectivity index (χ4n) is 8.16. The molecule has 5 unspecified atom stereocenters. The van der Waals surface area contributed by atoms with Crippen molar-refractivity contribution in [1.29, 1.82) is 0 Å². The van der Waals surface area contributed by atoms with E-state index in [1.807, 2.05) is 6.08 Å². The lowest BCUT2D eigenvalue weighted by molar-refractivity contribution is -0.210. The van der Waals surface area contributed by atoms with E-state index in [4.69, 9.17) is 0 Å². The quantitative estimate of drug-likeness (QED) is 0.516. The maximum atomic E-state index is 11.6. The predicted molar refractivity (Wildman–Crippen MR) is 126 cm³/mol. The smallest absolute Gasteiger partial charge is 0.102 e. The topological polar surface area (TPSA) is 60.7 Å². The zero-order chi connectivity index (χ0) is 22.8. The summed E-state index contributed by atoms with van der Waals surface area (Å²) in [4.78, 5) is 0. The highest BCUT2D eigenvalue weighted by molar-refractivity contribution is 5.33. The summed E-state index contributed by atoms with van der Waals surface area (Å²) in [6.45, 7) is 14.0. The molecule has 4 aliphatic carbocycles. The van der Waals surface area contributed by atoms with E-state index < -0.39 is 17.8 Å². The van der Waals surface area contributed by atoms with Crippen molar-refractivity contribution in [3.63, 3.8) is 0 Å². The molecule has 0 heterocycles. The van der Waals surface area contributed by atoms with Gasteiger partial charge in [-0.3, -0.25) is 0 Å². The third-order valence-electron chi connectivity index (χ3n) is 10.7. The molecular formula is C28H46O3. The zero-order valence-electron chi connectivity index (χ0n) is 20.6. The molecule has 4 aliphatic rings. The molecule has 3 saturated carbocycles. The summed E-state index contributed by atoms with van der Waals surface area (Å²) >= 11 is 0. The Morgan fingerprint density at radius 2 is 1.65 bits per heavy atom. The van der Waals surface area contributed by atoms with Crippen LogP contribution in [-0.4, -0.2) is 33.1 Å². The number of aliphatic hydroxyl groups excluding tert-OH is 2. The first-order valence-electron chi connectivity index (χ1n) is 12.9. The second kappa shape index (κ2) is 7.99. The summed E-state index contributed by atoms with van der Waals surface area (Å²) in [5.41, 5.74) is 0.160. The summed E-state index contributed by atoms with van der Waals surface area (Å²) in [6.07, 6.45) is 12.1. The Kier molecular flexibility index (Phi) is 6.06. The van der Waals surface area contributed by atoms with Gasteiger partial charge in [-0.25, -0.2) is 0 Å². The first kappa shape index (κ1) is 23.5. The first-order chi connectivity index (χ1) is 14.4. The second-order valence-corrected chi connectivity index (χ2v) is 12.5. The third-order valence-corrected chi connectivity index (χ3v) is 10.7. The van der Waals surface area contributed by atoms with Crippen LogP contribution in [0.25, 0.3) is 0 Å². The average Bonchev–Trinajstić information content (AvgIpc) is 3.05. The van der Waals surface area contributed by atoms with Crippen LogP contribution < -0.4 is 0 Å². The van der Waals surface area contributed by atoms with Crippen LogP contribution in [-0.2, 0) is 0 Å². The molecule has 176 valence electrons. The van der Waals surface area contributed by atoms with Crippen molar-refractivity contribution in [3.8, 4) is 0 Å². The van der Waals surface area contributed by atoms with E-state index in [0.717, 1.165) is 19.3 Å². The molecule has 3 fully saturated rings. The SMILES string of the molecule is CC(C)[C@@H](C)/C=C/[C@@H](C)C1CCC2C3=C[C@H](O)C4(O)CC(O)CC[C@@]4(C)[C@H]3CCC21C. The highest BCUT2D eigenvalue weighted by Gasteiger charge is 2.64. The van der Waals surface area contributed by atoms with Gasteiger partial charge >= 0.3 is 0 Å². The summed E-state index contributed by atoms with van der Waals surface area (Å²) in [5.74, 6) is 3.37. The van der Waals surface area contributed by atoms with Gasteiger partial charge in [0.05, 0.1) is 6.10 Å². The van der Waals surface area contributed by atoms with Gasteiger partial charge in [0.2, 0.25) is 0 Å². The van der Waals surface area contributed by atoms with Crippen molar-refractivity contribution in [2.45, 2.75) is 104 Å². The molecule has 3 N–H and O–H groups in total. The van der Waals surface area contributed by atoms with Gasteiger partial charge in [0.15, 0.2) is 0 Å². The van der Waals surface area contributed by atoms with Gasteiger partial charge in [0.25, 0.3) is 0 Å². The molecule has 0 aromatic rings. The van der Waals surface area contributed by atoms with E-state index in [1.54, 1.807) is 0 Å². The summed E-state index contributed by atoms with van der Waals surface area (Å²) in [5, 5.41) is 32.9. The molecule has 0 bridgehead atoms. The molecule has 3 nitrogen and oxygen atoms in total. The fourth-order valence-corrected chi connectivity index (χ4v) is 8.16. The lowest BCUT2D eigenvalue weighted by Crippen LogP contribution is -2.65. The van der Waals surface area contributed by atoms with Gasteiger partial charge in [-0.2, -0.15) is 0 Å². The van der Waals surface area contributed by atoms with E-state index >= 15 is 0 Å². The second-order valence-electron chi connectivity index (χ2n) is 12.5. The Balaban J connectivity index is 1.61. The Bertz CT molecular complexity index is 741. The third kappa shape index (κ3) is 3.49. The molecule has 0 aliphatic heterocycles. The minimum Gasteiger partial charge on any atom is -0.393 e. The number of fused-ring (bicyclic) bond motifs is 5. The minimum absolute atomic E-state index is 0.271. The maximum Gasteiger partial charge on any atom is 0.102 e. The summed E-state index contributed by atoms with van der Waals surface area (Å²) in [6, 6.07) is 0. The standard InChI is InChI=1S/C28H46O3/c1-17(2)18(3)7-8-19(4)22-9-10-23-21-15-25(30)28(31)16-20(29)11-14-27(28,6)24(21)12-13-26(22,23)5/h7-8,15,17-20,22-25,29-31H,9-14,16H2,1-6H3/b8-7+/t18-,19+,20?,22?,23?,24-,25-,26?,27-,28?/m0/s1. The number of rotatable bonds is 4. The zero-order valence-corrected chi connectivity index (χ0v) is 20.6. The largest absolute Gasteiger partial charge is 0.393 e. The summed E-state index contributed by atoms with van der Waals surface area (Å²) < 4.78 is 0. The fraction of sp³-hybridized carbons (Fsp3) is 0.857. The Morgan fingerprint density at radius 3 is 2.32 bits per heavy atom. The predicted octanol–water partition coefficient (Wildman–Crippen LogP) is 5.50. The molecule has 4 rings (SSSR count). The molecule has 3 heteroatoms. The van der Waals surface area contributed by atoms with Crippen LogP contribution in [0.4, 0.5) is 0 Å². The lowest BCUT2D eigenvalue weighted by Gasteiger charge is -2.62. The van der Waals surface area contributed by atoms with Crippen molar-refractivity contribution >= 4 is 0 Å². The lowest BCUT2D eigenvalue weighted by atomic mass is 9.45. The van der Waals surface area contributed by atoms with Crippen molar-refractivity contribution in [1.82, 2.24) is 0 Å². The van der Waals surface area contributed by atoms with Crippen molar-refractivity contribution in [2.75, 3.05) is 0 Å². The van der Waals surface area contributed by atoms with Crippen LogP contribution in [0.1, 0.15) is 86.5 Å². The van der Waals surface area contributed by atoms with E-state index in [0.29, 0.717) is 41.9 Å². The molecule has 0 spiro atoms. The van der Waals surface area contributed by atoms with Crippen LogP contribution in [0.15, 0.2) is 23.8 Å². The van der Waals surface area contributed by atoms with E-state index in [2.05, 4.69) is 53.7 Å². The molecule has 0 aromatic carbocycles. The highest BCUT2D eigenvalue weighted by Crippen LogP contribution is 2.67. The van der Waals surface area contributed by atoms with E-state index in [-0.39, 0.29) is 10.8 Å². The van der Waals surface area contributed by atoms with Gasteiger partial charge in [-0.15, -0.1) is 0 Å². The molecule has 10 atom stereocenters. The molecule has 0 aromatic heterocycles. The molecule has 0 saturated heterocycles. The van der Waals surface area contributed by atoms with Crippen LogP contribution in [0.2, 0.25) is 0 Å². The van der Waals surface area contributed by atoms with Crippen LogP contribution in [0, 0.1) is 46.3 Å². The molecule has 31 heavy (non-hydrogen) atoms. The minimum atomic E-state index is -1.20. The summed E-state index contributed by atoms with van der Waals surface area (Å²) in [7, 11) is 0. The normalized spacial score (nSPS) is 49.4. The van der Waals surface area contributed by atoms with Gasteiger partial charge in [0.1, 0.15) is 11.7 Å². The van der Waals surface area contributed by atoms with Crippen LogP contribution in [0.5, 0.6) is 0 Å². The van der Waals surface area contributed by atoms with Gasteiger partial charge < -0.3 is 15.3 Å². The molecular weight excluding hydrogens is 384 g/mol. The molecule has 0 radical (unpaired) electrons. The van der Waals surface area contributed by atoms with Gasteiger partial charge in [0, 0.05) is 11.8 Å². The number of allylic oxidation sites excluding steroid dienone is 3. The number of hydrogen-bond acceptors (Lipinski definition) is 3. The van der Waals surface area contributed by atoms with Crippen molar-refractivity contribution in [3.05, 3.63) is 23.8 Å². The monoisotopic (exact) mass is 430 g/mol. The Labute approximate surface area is 190 Å². The number of aliphatic hydroxyl groups is 3. The first-order valence-corrected chi connectivity index (χ1v) is 12.9. The highest BCUT2D eigenvalue weighted by atomic mass is 16.3. The van der Waals surface area contributed by atoms with Crippen LogP contribution in [0.3, 0.4) is 0 Å². The van der Waals surface area contributed by atoms with Gasteiger partial charge in [-0.05, 0) is 79.4 Å².